The Morgan fingerprint density at radius 1 is 0.515 bits per heavy atom. The third-order valence-corrected chi connectivity index (χ3v) is 6.40. The summed E-state index contributed by atoms with van der Waals surface area (Å²) in [6.45, 7) is 5.17. The molecule has 3 heteroatoms. The van der Waals surface area contributed by atoms with Gasteiger partial charge in [-0.2, -0.15) is 0 Å². The number of allylic oxidation sites excluding steroid dienone is 2. The van der Waals surface area contributed by atoms with Gasteiger partial charge in [0.1, 0.15) is 0 Å². The summed E-state index contributed by atoms with van der Waals surface area (Å²) in [6, 6.07) is 0. The third kappa shape index (κ3) is 32.2. The topological polar surface area (TPSA) is 26.3 Å². The van der Waals surface area contributed by atoms with Crippen molar-refractivity contribution in [3.63, 3.8) is 0 Å². The number of hydrogen-bond donors (Lipinski definition) is 0. The molecule has 0 bridgehead atoms. The molecule has 0 heterocycles. The van der Waals surface area contributed by atoms with Gasteiger partial charge in [-0.05, 0) is 38.5 Å². The van der Waals surface area contributed by atoms with Crippen LogP contribution in [0.3, 0.4) is 0 Å². The number of hydrogen-bond acceptors (Lipinski definition) is 2. The molecule has 0 fully saturated rings. The van der Waals surface area contributed by atoms with E-state index in [2.05, 4.69) is 26.0 Å². The van der Waals surface area contributed by atoms with Gasteiger partial charge >= 0.3 is 35.5 Å². The molecule has 0 aliphatic heterocycles. The summed E-state index contributed by atoms with van der Waals surface area (Å²) < 4.78 is 5.39. The molecule has 0 aromatic rings. The first-order valence-corrected chi connectivity index (χ1v) is 14.6. The van der Waals surface area contributed by atoms with Crippen LogP contribution in [0.4, 0.5) is 0 Å². The van der Waals surface area contributed by atoms with Crippen LogP contribution in [0.25, 0.3) is 0 Å². The van der Waals surface area contributed by atoms with E-state index < -0.39 is 0 Å². The van der Waals surface area contributed by atoms with Gasteiger partial charge in [-0.25, -0.2) is 0 Å². The summed E-state index contributed by atoms with van der Waals surface area (Å²) in [5.74, 6) is 0.0125. The molecule has 0 saturated carbocycles. The van der Waals surface area contributed by atoms with Crippen LogP contribution in [-0.4, -0.2) is 42.1 Å². The minimum atomic E-state index is 0. The molecule has 2 nitrogen and oxygen atoms in total. The fourth-order valence-corrected chi connectivity index (χ4v) is 4.19. The van der Waals surface area contributed by atoms with Crippen LogP contribution in [-0.2, 0) is 9.53 Å². The average Bonchev–Trinajstić information content (AvgIpc) is 2.80. The van der Waals surface area contributed by atoms with Crippen molar-refractivity contribution in [1.29, 1.82) is 0 Å². The summed E-state index contributed by atoms with van der Waals surface area (Å²) in [7, 11) is 0. The standard InChI is InChI=1S/C30H58O2.Na.H/c1-3-5-7-9-11-13-15-16-17-18-19-20-22-24-26-28-30(31)32-29-27-25-23-21-14-12-10-8-6-4-2;;/h16-17H,3-15,18-29H2,1-2H3;;. The zero-order valence-corrected chi connectivity index (χ0v) is 22.1. The Labute approximate surface area is 230 Å². The van der Waals surface area contributed by atoms with E-state index in [1.54, 1.807) is 0 Å². The van der Waals surface area contributed by atoms with E-state index >= 15 is 0 Å². The fourth-order valence-electron chi connectivity index (χ4n) is 4.19. The van der Waals surface area contributed by atoms with Crippen LogP contribution in [0.15, 0.2) is 12.2 Å². The van der Waals surface area contributed by atoms with E-state index in [1.165, 1.54) is 128 Å². The number of carbonyl (C=O) groups excluding carboxylic acids is 1. The quantitative estimate of drug-likeness (QED) is 0.0539. The van der Waals surface area contributed by atoms with Crippen LogP contribution in [0.1, 0.15) is 168 Å². The van der Waals surface area contributed by atoms with E-state index in [-0.39, 0.29) is 35.5 Å². The van der Waals surface area contributed by atoms with Crippen molar-refractivity contribution in [3.05, 3.63) is 12.2 Å². The first-order chi connectivity index (χ1) is 15.8. The summed E-state index contributed by atoms with van der Waals surface area (Å²) >= 11 is 0. The predicted octanol–water partition coefficient (Wildman–Crippen LogP) is 9.84. The predicted molar refractivity (Wildman–Crippen MR) is 149 cm³/mol. The molecular formula is C30H59NaO2. The van der Waals surface area contributed by atoms with Crippen molar-refractivity contribution >= 4 is 35.5 Å². The Balaban J connectivity index is 0. The van der Waals surface area contributed by atoms with Gasteiger partial charge in [-0.1, -0.05) is 135 Å². The summed E-state index contributed by atoms with van der Waals surface area (Å²) in [6.07, 6.45) is 35.3. The van der Waals surface area contributed by atoms with Crippen molar-refractivity contribution in [1.82, 2.24) is 0 Å². The minimum absolute atomic E-state index is 0. The molecular weight excluding hydrogens is 415 g/mol. The number of ether oxygens (including phenoxy) is 1. The maximum atomic E-state index is 11.8. The summed E-state index contributed by atoms with van der Waals surface area (Å²) in [5, 5.41) is 0. The van der Waals surface area contributed by atoms with Crippen LogP contribution in [0.5, 0.6) is 0 Å². The van der Waals surface area contributed by atoms with Crippen LogP contribution < -0.4 is 0 Å². The molecule has 0 aromatic carbocycles. The zero-order valence-electron chi connectivity index (χ0n) is 22.1. The fraction of sp³-hybridized carbons (Fsp3) is 0.900. The number of carbonyl (C=O) groups is 1. The SMILES string of the molecule is CCCCCCCCC=CCCCCCCCC(=O)OCCCCCCCCCCCC.[NaH]. The van der Waals surface area contributed by atoms with Gasteiger partial charge in [0, 0.05) is 6.42 Å². The second kappa shape index (κ2) is 32.2. The van der Waals surface area contributed by atoms with Gasteiger partial charge in [0.2, 0.25) is 0 Å². The van der Waals surface area contributed by atoms with Crippen molar-refractivity contribution in [3.8, 4) is 0 Å². The normalized spacial score (nSPS) is 11.1. The molecule has 0 amide bonds. The molecule has 0 spiro atoms. The molecule has 0 aliphatic carbocycles. The molecule has 192 valence electrons. The maximum absolute atomic E-state index is 11.8. The Morgan fingerprint density at radius 3 is 1.33 bits per heavy atom. The Hall–Kier alpha value is 0.210. The monoisotopic (exact) mass is 474 g/mol. The molecule has 0 radical (unpaired) electrons. The van der Waals surface area contributed by atoms with Crippen LogP contribution in [0.2, 0.25) is 0 Å². The Morgan fingerprint density at radius 2 is 0.879 bits per heavy atom. The first kappa shape index (κ1) is 35.4. The van der Waals surface area contributed by atoms with Gasteiger partial charge in [0.25, 0.3) is 0 Å². The molecule has 0 atom stereocenters. The van der Waals surface area contributed by atoms with Gasteiger partial charge in [-0.3, -0.25) is 4.79 Å². The molecule has 0 aromatic heterocycles. The van der Waals surface area contributed by atoms with Crippen molar-refractivity contribution in [2.75, 3.05) is 6.61 Å². The van der Waals surface area contributed by atoms with E-state index in [0.717, 1.165) is 19.3 Å². The van der Waals surface area contributed by atoms with E-state index in [9.17, 15) is 4.79 Å². The third-order valence-electron chi connectivity index (χ3n) is 6.40. The summed E-state index contributed by atoms with van der Waals surface area (Å²) in [4.78, 5) is 11.8. The van der Waals surface area contributed by atoms with Crippen molar-refractivity contribution in [2.45, 2.75) is 168 Å². The summed E-state index contributed by atoms with van der Waals surface area (Å²) in [5.41, 5.74) is 0. The molecule has 0 N–H and O–H groups in total. The van der Waals surface area contributed by atoms with Gasteiger partial charge in [-0.15, -0.1) is 0 Å². The van der Waals surface area contributed by atoms with E-state index in [0.29, 0.717) is 13.0 Å². The zero-order chi connectivity index (χ0) is 23.4. The number of unbranched alkanes of at least 4 members (excludes halogenated alkanes) is 20. The van der Waals surface area contributed by atoms with Crippen molar-refractivity contribution < 1.29 is 9.53 Å². The molecule has 0 aliphatic rings. The molecule has 0 saturated heterocycles. The Kier molecular flexibility index (Phi) is 34.5. The molecule has 33 heavy (non-hydrogen) atoms. The number of rotatable bonds is 26. The second-order valence-electron chi connectivity index (χ2n) is 9.74. The Bertz CT molecular complexity index is 395. The number of esters is 1. The van der Waals surface area contributed by atoms with Crippen molar-refractivity contribution in [2.24, 2.45) is 0 Å². The van der Waals surface area contributed by atoms with Crippen LogP contribution in [0, 0.1) is 0 Å². The average molecular weight is 475 g/mol. The van der Waals surface area contributed by atoms with Gasteiger partial charge in [0.15, 0.2) is 0 Å². The first-order valence-electron chi connectivity index (χ1n) is 14.6. The molecule has 0 unspecified atom stereocenters. The van der Waals surface area contributed by atoms with E-state index in [4.69, 9.17) is 4.74 Å². The van der Waals surface area contributed by atoms with Crippen LogP contribution >= 0.6 is 0 Å². The van der Waals surface area contributed by atoms with Gasteiger partial charge in [0.05, 0.1) is 6.61 Å². The second-order valence-corrected chi connectivity index (χ2v) is 9.74. The molecule has 0 rings (SSSR count). The van der Waals surface area contributed by atoms with Gasteiger partial charge < -0.3 is 4.74 Å². The van der Waals surface area contributed by atoms with E-state index in [1.807, 2.05) is 0 Å².